The molecular weight excluding hydrogens is 111 g/mol. The van der Waals surface area contributed by atoms with Crippen molar-refractivity contribution >= 4 is 0 Å². The van der Waals surface area contributed by atoms with Crippen molar-refractivity contribution in [2.45, 2.75) is 7.43 Å². The molecule has 0 aliphatic carbocycles. The fourth-order valence-electron chi connectivity index (χ4n) is 0. The average molecular weight is 116 g/mol. The molecule has 0 aromatic rings. The first-order valence-corrected chi connectivity index (χ1v) is 1.90. The highest BCUT2D eigenvalue weighted by Crippen LogP contribution is 1.60. The SMILES string of the molecule is C.[O-][Cl+3]([O-])([O-])O. The largest absolute Gasteiger partial charge is 0.183 e. The minimum atomic E-state index is -4.69. The third-order valence-electron chi connectivity index (χ3n) is 0. The van der Waals surface area contributed by atoms with Crippen molar-refractivity contribution in [2.75, 3.05) is 0 Å². The quantitative estimate of drug-likeness (QED) is 0.356. The molecule has 0 amide bonds. The van der Waals surface area contributed by atoms with Gasteiger partial charge < -0.3 is 0 Å². The number of hydrogen-bond donors (Lipinski definition) is 1. The van der Waals surface area contributed by atoms with Gasteiger partial charge in [0.25, 0.3) is 0 Å². The summed E-state index contributed by atoms with van der Waals surface area (Å²) in [5.74, 6) is 0. The van der Waals surface area contributed by atoms with E-state index in [0.717, 1.165) is 0 Å². The van der Waals surface area contributed by atoms with Crippen molar-refractivity contribution in [3.05, 3.63) is 0 Å². The van der Waals surface area contributed by atoms with Gasteiger partial charge in [0, 0.05) is 0 Å². The van der Waals surface area contributed by atoms with Gasteiger partial charge in [0.1, 0.15) is 0 Å². The number of halogens is 1. The summed E-state index contributed by atoms with van der Waals surface area (Å²) in [5, 5.41) is 0. The monoisotopic (exact) mass is 116 g/mol. The van der Waals surface area contributed by atoms with Crippen LogP contribution in [-0.2, 0) is 0 Å². The fraction of sp³-hybridized carbons (Fsp3) is 1.00. The van der Waals surface area contributed by atoms with Gasteiger partial charge >= 0.3 is 0 Å². The Balaban J connectivity index is 0. The van der Waals surface area contributed by atoms with E-state index in [9.17, 15) is 0 Å². The molecule has 0 fully saturated rings. The first-order valence-electron chi connectivity index (χ1n) is 0.632. The summed E-state index contributed by atoms with van der Waals surface area (Å²) in [4.78, 5) is 0. The van der Waals surface area contributed by atoms with Gasteiger partial charge in [-0.25, -0.2) is 0 Å². The lowest BCUT2D eigenvalue weighted by molar-refractivity contribution is -1.92. The zero-order valence-corrected chi connectivity index (χ0v) is 2.81. The van der Waals surface area contributed by atoms with Gasteiger partial charge in [0.05, 0.1) is 14.9 Å². The Hall–Kier alpha value is 0.130. The van der Waals surface area contributed by atoms with Crippen molar-refractivity contribution in [3.63, 3.8) is 0 Å². The predicted octanol–water partition coefficient (Wildman–Crippen LogP) is -3.49. The lowest BCUT2D eigenvalue weighted by Gasteiger charge is -2.03. The van der Waals surface area contributed by atoms with Gasteiger partial charge in [-0.05, 0) is 0 Å². The zero-order valence-electron chi connectivity index (χ0n) is 2.05. The van der Waals surface area contributed by atoms with Crippen molar-refractivity contribution in [2.24, 2.45) is 0 Å². The fourth-order valence-corrected chi connectivity index (χ4v) is 0. The molecule has 5 heteroatoms. The van der Waals surface area contributed by atoms with Crippen LogP contribution >= 0.6 is 0 Å². The average Bonchev–Trinajstić information content (AvgIpc) is 0.722. The lowest BCUT2D eigenvalue weighted by atomic mass is 12.0. The second-order valence-electron chi connectivity index (χ2n) is 0.396. The maximum absolute atomic E-state index is 8.60. The molecule has 0 aliphatic rings. The first kappa shape index (κ1) is 9.46. The van der Waals surface area contributed by atoms with Crippen LogP contribution in [0.25, 0.3) is 0 Å². The van der Waals surface area contributed by atoms with Crippen LogP contribution in [0.1, 0.15) is 7.43 Å². The van der Waals surface area contributed by atoms with E-state index in [2.05, 4.69) is 0 Å². The van der Waals surface area contributed by atoms with E-state index in [1.807, 2.05) is 0 Å². The molecule has 0 saturated carbocycles. The van der Waals surface area contributed by atoms with Crippen molar-refractivity contribution in [3.8, 4) is 0 Å². The van der Waals surface area contributed by atoms with Crippen LogP contribution in [-0.4, -0.2) is 4.66 Å². The molecule has 4 nitrogen and oxygen atoms in total. The molecule has 6 heavy (non-hydrogen) atoms. The highest BCUT2D eigenvalue weighted by atomic mass is 35.7. The minimum absolute atomic E-state index is 0. The molecule has 0 rings (SSSR count). The smallest absolute Gasteiger partial charge is 0.0777 e. The molecule has 0 aliphatic heterocycles. The summed E-state index contributed by atoms with van der Waals surface area (Å²) >= 11 is 0. The summed E-state index contributed by atoms with van der Waals surface area (Å²) in [6, 6.07) is 0. The Labute approximate surface area is 37.4 Å². The Morgan fingerprint density at radius 3 is 1.17 bits per heavy atom. The standard InChI is InChI=1S/CH4.ClHO4/c;2-1(3,4)5/h1H4;(H,2,3,4,5). The van der Waals surface area contributed by atoms with E-state index in [-0.39, 0.29) is 7.43 Å². The van der Waals surface area contributed by atoms with Gasteiger partial charge in [-0.2, -0.15) is 14.0 Å². The summed E-state index contributed by atoms with van der Waals surface area (Å²) < 4.78 is 32.7. The summed E-state index contributed by atoms with van der Waals surface area (Å²) in [5.41, 5.74) is 0. The Morgan fingerprint density at radius 1 is 1.17 bits per heavy atom. The Morgan fingerprint density at radius 2 is 1.17 bits per heavy atom. The van der Waals surface area contributed by atoms with E-state index < -0.39 is 10.2 Å². The first-order chi connectivity index (χ1) is 2.00. The van der Waals surface area contributed by atoms with Gasteiger partial charge in [0.15, 0.2) is 0 Å². The van der Waals surface area contributed by atoms with E-state index in [4.69, 9.17) is 18.6 Å². The van der Waals surface area contributed by atoms with Crippen molar-refractivity contribution in [1.29, 1.82) is 0 Å². The second kappa shape index (κ2) is 2.33. The molecule has 0 spiro atoms. The van der Waals surface area contributed by atoms with Gasteiger partial charge in [0.2, 0.25) is 0 Å². The topological polar surface area (TPSA) is 89.4 Å². The maximum Gasteiger partial charge on any atom is 0.0777 e. The molecule has 0 radical (unpaired) electrons. The van der Waals surface area contributed by atoms with Gasteiger partial charge in [-0.3, -0.25) is 0 Å². The second-order valence-corrected chi connectivity index (χ2v) is 1.19. The molecule has 0 atom stereocenters. The van der Waals surface area contributed by atoms with Crippen LogP contribution in [0, 0.1) is 10.2 Å². The zero-order chi connectivity index (χ0) is 4.50. The number of hydrogen-bond acceptors (Lipinski definition) is 4. The normalized spacial score (nSPS) is 10.0. The van der Waals surface area contributed by atoms with Crippen LogP contribution in [0.4, 0.5) is 0 Å². The Bertz CT molecular complexity index is 23.0. The van der Waals surface area contributed by atoms with Crippen molar-refractivity contribution < 1.29 is 28.9 Å². The maximum atomic E-state index is 8.60. The molecule has 0 heterocycles. The van der Waals surface area contributed by atoms with Gasteiger partial charge in [-0.15, -0.1) is 0 Å². The summed E-state index contributed by atoms with van der Waals surface area (Å²) in [7, 11) is -4.69. The molecule has 0 aromatic carbocycles. The third-order valence-corrected chi connectivity index (χ3v) is 0. The van der Waals surface area contributed by atoms with Crippen LogP contribution < -0.4 is 14.0 Å². The predicted molar refractivity (Wildman–Crippen MR) is 8.95 cm³/mol. The lowest BCUT2D eigenvalue weighted by Crippen LogP contribution is -2.58. The number of rotatable bonds is 0. The summed E-state index contributed by atoms with van der Waals surface area (Å²) in [6.45, 7) is 0. The molecule has 0 saturated heterocycles. The molecular formula is CH5ClO4. The van der Waals surface area contributed by atoms with Crippen molar-refractivity contribution in [1.82, 2.24) is 0 Å². The summed E-state index contributed by atoms with van der Waals surface area (Å²) in [6.07, 6.45) is 0. The molecule has 40 valence electrons. The van der Waals surface area contributed by atoms with Gasteiger partial charge in [-0.1, -0.05) is 7.43 Å². The van der Waals surface area contributed by atoms with E-state index >= 15 is 0 Å². The van der Waals surface area contributed by atoms with E-state index in [1.165, 1.54) is 0 Å². The highest BCUT2D eigenvalue weighted by Gasteiger charge is 1.98. The molecule has 0 unspecified atom stereocenters. The van der Waals surface area contributed by atoms with Crippen LogP contribution in [0.5, 0.6) is 0 Å². The van der Waals surface area contributed by atoms with E-state index in [1.54, 1.807) is 0 Å². The van der Waals surface area contributed by atoms with Crippen LogP contribution in [0.15, 0.2) is 0 Å². The highest BCUT2D eigenvalue weighted by molar-refractivity contribution is 2.50. The molecule has 1 N–H and O–H groups in total. The van der Waals surface area contributed by atoms with Crippen LogP contribution in [0.3, 0.4) is 0 Å². The van der Waals surface area contributed by atoms with Crippen LogP contribution in [0.2, 0.25) is 0 Å². The Kier molecular flexibility index (Phi) is 3.67. The molecule has 0 bridgehead atoms. The minimum Gasteiger partial charge on any atom is -0.183 e. The third kappa shape index (κ3) is 2390. The van der Waals surface area contributed by atoms with E-state index in [0.29, 0.717) is 0 Å². The molecule has 0 aromatic heterocycles.